The zero-order chi connectivity index (χ0) is 14.8. The van der Waals surface area contributed by atoms with Gasteiger partial charge in [0.05, 0.1) is 15.6 Å². The van der Waals surface area contributed by atoms with Crippen LogP contribution >= 0.6 is 11.6 Å². The molecule has 0 spiro atoms. The first-order valence-electron chi connectivity index (χ1n) is 5.84. The quantitative estimate of drug-likeness (QED) is 0.847. The predicted octanol–water partition coefficient (Wildman–Crippen LogP) is 2.10. The van der Waals surface area contributed by atoms with Crippen molar-refractivity contribution < 1.29 is 8.42 Å². The van der Waals surface area contributed by atoms with Crippen LogP contribution in [-0.4, -0.2) is 13.4 Å². The highest BCUT2D eigenvalue weighted by Gasteiger charge is 2.15. The van der Waals surface area contributed by atoms with Crippen LogP contribution in [0.4, 0.5) is 5.69 Å². The molecule has 0 fully saturated rings. The lowest BCUT2D eigenvalue weighted by Crippen LogP contribution is -2.23. The molecule has 2 rings (SSSR count). The van der Waals surface area contributed by atoms with Gasteiger partial charge in [0.25, 0.3) is 0 Å². The Balaban J connectivity index is 2.19. The second-order valence-electron chi connectivity index (χ2n) is 4.31. The largest absolute Gasteiger partial charge is 0.397 e. The number of rotatable bonds is 4. The van der Waals surface area contributed by atoms with Crippen LogP contribution in [-0.2, 0) is 16.6 Å². The molecule has 7 heteroatoms. The molecule has 106 valence electrons. The molecule has 0 aliphatic carbocycles. The first-order valence-corrected chi connectivity index (χ1v) is 7.70. The van der Waals surface area contributed by atoms with Crippen LogP contribution in [0.3, 0.4) is 0 Å². The molecule has 0 atom stereocenters. The molecule has 0 bridgehead atoms. The Kier molecular flexibility index (Phi) is 4.27. The zero-order valence-electron chi connectivity index (χ0n) is 10.8. The molecule has 5 nitrogen and oxygen atoms in total. The molecule has 0 aliphatic heterocycles. The van der Waals surface area contributed by atoms with E-state index in [1.165, 1.54) is 18.2 Å². The third-order valence-corrected chi connectivity index (χ3v) is 4.62. The number of nitrogen functional groups attached to an aromatic ring is 1. The molecule has 0 saturated carbocycles. The molecule has 0 saturated heterocycles. The van der Waals surface area contributed by atoms with Gasteiger partial charge in [-0.3, -0.25) is 4.98 Å². The Morgan fingerprint density at radius 1 is 1.35 bits per heavy atom. The van der Waals surface area contributed by atoms with Crippen LogP contribution < -0.4 is 10.5 Å². The van der Waals surface area contributed by atoms with Gasteiger partial charge in [-0.15, -0.1) is 0 Å². The van der Waals surface area contributed by atoms with Crippen molar-refractivity contribution >= 4 is 27.3 Å². The van der Waals surface area contributed by atoms with Crippen LogP contribution in [0.25, 0.3) is 0 Å². The number of nitrogens with one attached hydrogen (secondary N) is 1. The van der Waals surface area contributed by atoms with E-state index in [0.29, 0.717) is 5.02 Å². The third-order valence-electron chi connectivity index (χ3n) is 2.88. The number of halogens is 1. The van der Waals surface area contributed by atoms with Crippen molar-refractivity contribution in [2.45, 2.75) is 18.4 Å². The van der Waals surface area contributed by atoms with E-state index in [9.17, 15) is 8.42 Å². The van der Waals surface area contributed by atoms with Gasteiger partial charge in [-0.25, -0.2) is 13.1 Å². The predicted molar refractivity (Wildman–Crippen MR) is 78.9 cm³/mol. The summed E-state index contributed by atoms with van der Waals surface area (Å²) in [6.07, 6.45) is 3.29. The Bertz CT molecular complexity index is 732. The summed E-state index contributed by atoms with van der Waals surface area (Å²) >= 11 is 5.78. The second-order valence-corrected chi connectivity index (χ2v) is 6.48. The Labute approximate surface area is 122 Å². The SMILES string of the molecule is Cc1ccncc1CNS(=O)(=O)c1ccc(Cl)c(N)c1. The van der Waals surface area contributed by atoms with Gasteiger partial charge >= 0.3 is 0 Å². The van der Waals surface area contributed by atoms with Gasteiger partial charge in [-0.1, -0.05) is 11.6 Å². The molecule has 20 heavy (non-hydrogen) atoms. The minimum atomic E-state index is -3.63. The number of nitrogens with two attached hydrogens (primary N) is 1. The van der Waals surface area contributed by atoms with E-state index in [1.54, 1.807) is 12.4 Å². The Hall–Kier alpha value is -1.63. The van der Waals surface area contributed by atoms with Crippen molar-refractivity contribution in [1.82, 2.24) is 9.71 Å². The van der Waals surface area contributed by atoms with Crippen molar-refractivity contribution in [3.8, 4) is 0 Å². The number of nitrogens with zero attached hydrogens (tertiary/aromatic N) is 1. The van der Waals surface area contributed by atoms with E-state index >= 15 is 0 Å². The lowest BCUT2D eigenvalue weighted by Gasteiger charge is -2.09. The maximum atomic E-state index is 12.2. The summed E-state index contributed by atoms with van der Waals surface area (Å²) in [5.41, 5.74) is 7.63. The summed E-state index contributed by atoms with van der Waals surface area (Å²) in [5.74, 6) is 0. The van der Waals surface area contributed by atoms with Gasteiger partial charge in [0.2, 0.25) is 10.0 Å². The summed E-state index contributed by atoms with van der Waals surface area (Å²) in [5, 5.41) is 0.326. The van der Waals surface area contributed by atoms with Crippen molar-refractivity contribution in [2.24, 2.45) is 0 Å². The van der Waals surface area contributed by atoms with Gasteiger partial charge < -0.3 is 5.73 Å². The fraction of sp³-hybridized carbons (Fsp3) is 0.154. The molecule has 0 unspecified atom stereocenters. The lowest BCUT2D eigenvalue weighted by molar-refractivity contribution is 0.581. The number of hydrogen-bond acceptors (Lipinski definition) is 4. The molecule has 1 aromatic carbocycles. The van der Waals surface area contributed by atoms with Crippen molar-refractivity contribution in [2.75, 3.05) is 5.73 Å². The minimum Gasteiger partial charge on any atom is -0.397 e. The van der Waals surface area contributed by atoms with Gasteiger partial charge in [0.15, 0.2) is 0 Å². The molecule has 0 amide bonds. The second kappa shape index (κ2) is 5.78. The van der Waals surface area contributed by atoms with Crippen LogP contribution in [0.2, 0.25) is 5.02 Å². The van der Waals surface area contributed by atoms with E-state index in [-0.39, 0.29) is 17.1 Å². The van der Waals surface area contributed by atoms with Gasteiger partial charge in [0, 0.05) is 18.9 Å². The van der Waals surface area contributed by atoms with Crippen LogP contribution in [0.5, 0.6) is 0 Å². The molecule has 0 radical (unpaired) electrons. The van der Waals surface area contributed by atoms with Gasteiger partial charge in [0.1, 0.15) is 0 Å². The number of aryl methyl sites for hydroxylation is 1. The number of benzene rings is 1. The molecular formula is C13H14ClN3O2S. The lowest BCUT2D eigenvalue weighted by atomic mass is 10.2. The fourth-order valence-corrected chi connectivity index (χ4v) is 2.79. The van der Waals surface area contributed by atoms with E-state index in [2.05, 4.69) is 9.71 Å². The van der Waals surface area contributed by atoms with Gasteiger partial charge in [-0.05, 0) is 42.3 Å². The van der Waals surface area contributed by atoms with Gasteiger partial charge in [-0.2, -0.15) is 0 Å². The van der Waals surface area contributed by atoms with E-state index < -0.39 is 10.0 Å². The highest BCUT2D eigenvalue weighted by Crippen LogP contribution is 2.22. The highest BCUT2D eigenvalue weighted by molar-refractivity contribution is 7.89. The standard InChI is InChI=1S/C13H14ClN3O2S/c1-9-4-5-16-7-10(9)8-17-20(18,19)11-2-3-12(14)13(15)6-11/h2-7,17H,8,15H2,1H3. The summed E-state index contributed by atoms with van der Waals surface area (Å²) in [6.45, 7) is 2.07. The van der Waals surface area contributed by atoms with Crippen LogP contribution in [0.15, 0.2) is 41.6 Å². The average molecular weight is 312 g/mol. The summed E-state index contributed by atoms with van der Waals surface area (Å²) < 4.78 is 26.8. The van der Waals surface area contributed by atoms with E-state index in [1.807, 2.05) is 13.0 Å². The Morgan fingerprint density at radius 2 is 2.10 bits per heavy atom. The Morgan fingerprint density at radius 3 is 2.75 bits per heavy atom. The third kappa shape index (κ3) is 3.27. The van der Waals surface area contributed by atoms with Crippen LogP contribution in [0, 0.1) is 6.92 Å². The molecular weight excluding hydrogens is 298 g/mol. The smallest absolute Gasteiger partial charge is 0.240 e. The fourth-order valence-electron chi connectivity index (χ4n) is 1.63. The van der Waals surface area contributed by atoms with Crippen LogP contribution in [0.1, 0.15) is 11.1 Å². The first-order chi connectivity index (χ1) is 9.40. The number of sulfonamides is 1. The first kappa shape index (κ1) is 14.8. The zero-order valence-corrected chi connectivity index (χ0v) is 12.4. The summed E-state index contributed by atoms with van der Waals surface area (Å²) in [7, 11) is -3.63. The number of pyridine rings is 1. The monoisotopic (exact) mass is 311 g/mol. The topological polar surface area (TPSA) is 85.1 Å². The molecule has 3 N–H and O–H groups in total. The molecule has 1 aromatic heterocycles. The number of anilines is 1. The molecule has 1 heterocycles. The highest BCUT2D eigenvalue weighted by atomic mass is 35.5. The minimum absolute atomic E-state index is 0.0842. The van der Waals surface area contributed by atoms with E-state index in [4.69, 9.17) is 17.3 Å². The molecule has 2 aromatic rings. The average Bonchev–Trinajstić information content (AvgIpc) is 2.41. The normalized spacial score (nSPS) is 11.5. The molecule has 0 aliphatic rings. The van der Waals surface area contributed by atoms with E-state index in [0.717, 1.165) is 11.1 Å². The maximum Gasteiger partial charge on any atom is 0.240 e. The van der Waals surface area contributed by atoms with Crippen molar-refractivity contribution in [1.29, 1.82) is 0 Å². The summed E-state index contributed by atoms with van der Waals surface area (Å²) in [6, 6.07) is 6.03. The summed E-state index contributed by atoms with van der Waals surface area (Å²) in [4.78, 5) is 4.06. The van der Waals surface area contributed by atoms with Crippen molar-refractivity contribution in [3.63, 3.8) is 0 Å². The van der Waals surface area contributed by atoms with Crippen molar-refractivity contribution in [3.05, 3.63) is 52.8 Å². The maximum absolute atomic E-state index is 12.2. The number of hydrogen-bond donors (Lipinski definition) is 2. The number of aromatic nitrogens is 1.